The van der Waals surface area contributed by atoms with E-state index in [1.807, 2.05) is 0 Å². The number of thiophene rings is 1. The lowest BCUT2D eigenvalue weighted by Crippen LogP contribution is -2.19. The van der Waals surface area contributed by atoms with Gasteiger partial charge in [0.05, 0.1) is 0 Å². The normalized spacial score (nSPS) is 34.5. The van der Waals surface area contributed by atoms with Crippen molar-refractivity contribution in [2.24, 2.45) is 23.5 Å². The zero-order valence-corrected chi connectivity index (χ0v) is 10.8. The maximum atomic E-state index is 6.36. The van der Waals surface area contributed by atoms with E-state index in [1.165, 1.54) is 43.2 Å². The van der Waals surface area contributed by atoms with E-state index in [1.54, 1.807) is 11.3 Å². The highest BCUT2D eigenvalue weighted by Crippen LogP contribution is 2.50. The van der Waals surface area contributed by atoms with Crippen LogP contribution in [0.5, 0.6) is 0 Å². The van der Waals surface area contributed by atoms with Crippen molar-refractivity contribution in [3.63, 3.8) is 0 Å². The molecule has 2 N–H and O–H groups in total. The van der Waals surface area contributed by atoms with Gasteiger partial charge in [0.15, 0.2) is 0 Å². The Kier molecular flexibility index (Phi) is 2.80. The first-order valence-corrected chi connectivity index (χ1v) is 7.46. The topological polar surface area (TPSA) is 26.0 Å². The third-order valence-corrected chi connectivity index (χ3v) is 5.62. The summed E-state index contributed by atoms with van der Waals surface area (Å²) < 4.78 is 0. The minimum absolute atomic E-state index is 0.288. The molecule has 1 aromatic heterocycles. The molecule has 3 rings (SSSR count). The van der Waals surface area contributed by atoms with Crippen LogP contribution in [0.2, 0.25) is 0 Å². The first kappa shape index (κ1) is 10.8. The molecule has 2 aliphatic carbocycles. The molecule has 4 unspecified atom stereocenters. The van der Waals surface area contributed by atoms with E-state index in [0.29, 0.717) is 0 Å². The molecule has 1 nitrogen and oxygen atoms in total. The number of hydrogen-bond donors (Lipinski definition) is 1. The molecule has 1 heterocycles. The average Bonchev–Trinajstić information content (AvgIpc) is 2.92. The summed E-state index contributed by atoms with van der Waals surface area (Å²) in [7, 11) is 0. The standard InChI is InChI=1S/C14H21NS/c1-9-7-16-8-13(9)14(15)6-12-5-10-2-3-11(12)4-10/h7-8,10-12,14H,2-6,15H2,1H3. The number of aryl methyl sites for hydroxylation is 1. The lowest BCUT2D eigenvalue weighted by Gasteiger charge is -2.24. The fraction of sp³-hybridized carbons (Fsp3) is 0.714. The van der Waals surface area contributed by atoms with Crippen molar-refractivity contribution in [1.82, 2.24) is 0 Å². The van der Waals surface area contributed by atoms with Crippen LogP contribution in [-0.2, 0) is 0 Å². The van der Waals surface area contributed by atoms with E-state index in [2.05, 4.69) is 17.7 Å². The largest absolute Gasteiger partial charge is 0.324 e. The van der Waals surface area contributed by atoms with Crippen molar-refractivity contribution in [2.45, 2.75) is 45.1 Å². The van der Waals surface area contributed by atoms with Crippen LogP contribution in [0.25, 0.3) is 0 Å². The van der Waals surface area contributed by atoms with E-state index >= 15 is 0 Å². The second-order valence-electron chi connectivity index (χ2n) is 5.79. The van der Waals surface area contributed by atoms with Crippen LogP contribution in [0, 0.1) is 24.7 Å². The summed E-state index contributed by atoms with van der Waals surface area (Å²) in [6.07, 6.45) is 7.15. The van der Waals surface area contributed by atoms with Gasteiger partial charge in [-0.05, 0) is 72.2 Å². The quantitative estimate of drug-likeness (QED) is 0.845. The average molecular weight is 235 g/mol. The van der Waals surface area contributed by atoms with E-state index in [4.69, 9.17) is 5.73 Å². The summed E-state index contributed by atoms with van der Waals surface area (Å²) in [4.78, 5) is 0. The second kappa shape index (κ2) is 4.15. The molecule has 88 valence electrons. The van der Waals surface area contributed by atoms with Crippen LogP contribution in [0.4, 0.5) is 0 Å². The molecule has 2 aliphatic rings. The summed E-state index contributed by atoms with van der Waals surface area (Å²) in [6.45, 7) is 2.19. The molecule has 0 spiro atoms. The van der Waals surface area contributed by atoms with Crippen LogP contribution in [-0.4, -0.2) is 0 Å². The van der Waals surface area contributed by atoms with Crippen LogP contribution >= 0.6 is 11.3 Å². The van der Waals surface area contributed by atoms with E-state index in [0.717, 1.165) is 17.8 Å². The van der Waals surface area contributed by atoms with Gasteiger partial charge in [-0.2, -0.15) is 11.3 Å². The van der Waals surface area contributed by atoms with Crippen LogP contribution < -0.4 is 5.73 Å². The van der Waals surface area contributed by atoms with Gasteiger partial charge < -0.3 is 5.73 Å². The van der Waals surface area contributed by atoms with Crippen LogP contribution in [0.1, 0.15) is 49.3 Å². The summed E-state index contributed by atoms with van der Waals surface area (Å²) in [5, 5.41) is 4.46. The van der Waals surface area contributed by atoms with Crippen LogP contribution in [0.3, 0.4) is 0 Å². The van der Waals surface area contributed by atoms with Gasteiger partial charge in [0.2, 0.25) is 0 Å². The molecule has 16 heavy (non-hydrogen) atoms. The van der Waals surface area contributed by atoms with E-state index < -0.39 is 0 Å². The maximum Gasteiger partial charge on any atom is 0.0308 e. The monoisotopic (exact) mass is 235 g/mol. The molecule has 0 aliphatic heterocycles. The third kappa shape index (κ3) is 1.82. The first-order chi connectivity index (χ1) is 7.74. The molecule has 0 saturated heterocycles. The maximum absolute atomic E-state index is 6.36. The van der Waals surface area contributed by atoms with Crippen molar-refractivity contribution in [3.8, 4) is 0 Å². The van der Waals surface area contributed by atoms with Gasteiger partial charge >= 0.3 is 0 Å². The summed E-state index contributed by atoms with van der Waals surface area (Å²) >= 11 is 1.79. The van der Waals surface area contributed by atoms with Crippen LogP contribution in [0.15, 0.2) is 10.8 Å². The van der Waals surface area contributed by atoms with Gasteiger partial charge in [-0.15, -0.1) is 0 Å². The zero-order valence-electron chi connectivity index (χ0n) is 9.99. The van der Waals surface area contributed by atoms with E-state index in [9.17, 15) is 0 Å². The molecule has 0 amide bonds. The number of rotatable bonds is 3. The third-order valence-electron chi connectivity index (χ3n) is 4.74. The molecular weight excluding hydrogens is 214 g/mol. The highest BCUT2D eigenvalue weighted by molar-refractivity contribution is 7.08. The van der Waals surface area contributed by atoms with Crippen molar-refractivity contribution in [2.75, 3.05) is 0 Å². The molecule has 2 heteroatoms. The second-order valence-corrected chi connectivity index (χ2v) is 6.53. The Labute approximate surface area is 102 Å². The Hall–Kier alpha value is -0.340. The Morgan fingerprint density at radius 2 is 2.25 bits per heavy atom. The van der Waals surface area contributed by atoms with Gasteiger partial charge in [0.25, 0.3) is 0 Å². The minimum atomic E-state index is 0.288. The SMILES string of the molecule is Cc1cscc1C(N)CC1CC2CCC1C2. The lowest BCUT2D eigenvalue weighted by atomic mass is 9.83. The fourth-order valence-electron chi connectivity index (χ4n) is 3.87. The van der Waals surface area contributed by atoms with Crippen molar-refractivity contribution < 1.29 is 0 Å². The minimum Gasteiger partial charge on any atom is -0.324 e. The Balaban J connectivity index is 1.65. The molecule has 2 saturated carbocycles. The molecule has 1 aromatic rings. The van der Waals surface area contributed by atoms with Gasteiger partial charge in [-0.25, -0.2) is 0 Å². The predicted octanol–water partition coefficient (Wildman–Crippen LogP) is 3.88. The zero-order chi connectivity index (χ0) is 11.1. The van der Waals surface area contributed by atoms with Crippen molar-refractivity contribution in [3.05, 3.63) is 21.9 Å². The summed E-state index contributed by atoms with van der Waals surface area (Å²) in [5.74, 6) is 2.98. The van der Waals surface area contributed by atoms with Crippen molar-refractivity contribution in [1.29, 1.82) is 0 Å². The highest BCUT2D eigenvalue weighted by Gasteiger charge is 2.39. The Morgan fingerprint density at radius 3 is 2.81 bits per heavy atom. The van der Waals surface area contributed by atoms with Gasteiger partial charge in [-0.3, -0.25) is 0 Å². The van der Waals surface area contributed by atoms with E-state index in [-0.39, 0.29) is 6.04 Å². The Morgan fingerprint density at radius 1 is 1.38 bits per heavy atom. The smallest absolute Gasteiger partial charge is 0.0308 e. The predicted molar refractivity (Wildman–Crippen MR) is 69.5 cm³/mol. The lowest BCUT2D eigenvalue weighted by molar-refractivity contribution is 0.296. The molecular formula is C14H21NS. The first-order valence-electron chi connectivity index (χ1n) is 6.52. The number of nitrogens with two attached hydrogens (primary N) is 1. The number of hydrogen-bond acceptors (Lipinski definition) is 2. The number of fused-ring (bicyclic) bond motifs is 2. The Bertz CT molecular complexity index is 371. The fourth-order valence-corrected chi connectivity index (χ4v) is 4.78. The molecule has 0 aromatic carbocycles. The molecule has 4 atom stereocenters. The van der Waals surface area contributed by atoms with Gasteiger partial charge in [0, 0.05) is 6.04 Å². The van der Waals surface area contributed by atoms with Gasteiger partial charge in [0.1, 0.15) is 0 Å². The summed E-state index contributed by atoms with van der Waals surface area (Å²) in [5.41, 5.74) is 9.14. The van der Waals surface area contributed by atoms with Crippen molar-refractivity contribution >= 4 is 11.3 Å². The molecule has 2 fully saturated rings. The molecule has 2 bridgehead atoms. The highest BCUT2D eigenvalue weighted by atomic mass is 32.1. The molecule has 0 radical (unpaired) electrons. The van der Waals surface area contributed by atoms with Gasteiger partial charge in [-0.1, -0.05) is 6.42 Å². The summed E-state index contributed by atoms with van der Waals surface area (Å²) in [6, 6.07) is 0.288.